The summed E-state index contributed by atoms with van der Waals surface area (Å²) in [7, 11) is 0. The third kappa shape index (κ3) is 4.14. The highest BCUT2D eigenvalue weighted by Gasteiger charge is 2.10. The average Bonchev–Trinajstić information content (AvgIpc) is 2.40. The lowest BCUT2D eigenvalue weighted by atomic mass is 10.0. The fraction of sp³-hybridized carbons (Fsp3) is 0.333. The summed E-state index contributed by atoms with van der Waals surface area (Å²) >= 11 is 0. The van der Waals surface area contributed by atoms with Gasteiger partial charge in [-0.25, -0.2) is 4.79 Å². The molecule has 19 heavy (non-hydrogen) atoms. The molecule has 0 heterocycles. The van der Waals surface area contributed by atoms with Crippen LogP contribution in [0.15, 0.2) is 36.0 Å². The van der Waals surface area contributed by atoms with Gasteiger partial charge in [0.05, 0.1) is 6.61 Å². The number of rotatable bonds is 5. The van der Waals surface area contributed by atoms with Crippen LogP contribution in [-0.2, 0) is 9.53 Å². The Labute approximate surface area is 113 Å². The quantitative estimate of drug-likeness (QED) is 0.500. The molecule has 0 bridgehead atoms. The van der Waals surface area contributed by atoms with Crippen molar-refractivity contribution < 1.29 is 9.53 Å². The van der Waals surface area contributed by atoms with E-state index in [2.05, 4.69) is 19.2 Å². The highest BCUT2D eigenvalue weighted by molar-refractivity contribution is 5.93. The van der Waals surface area contributed by atoms with E-state index in [0.29, 0.717) is 5.92 Å². The average molecular weight is 258 g/mol. The molecule has 0 radical (unpaired) electrons. The highest BCUT2D eigenvalue weighted by Crippen LogP contribution is 2.23. The second-order valence-corrected chi connectivity index (χ2v) is 4.28. The molecule has 0 aliphatic carbocycles. The monoisotopic (exact) mass is 258 g/mol. The van der Waals surface area contributed by atoms with Gasteiger partial charge in [-0.05, 0) is 24.5 Å². The van der Waals surface area contributed by atoms with Gasteiger partial charge < -0.3 is 10.1 Å². The predicted octanol–water partition coefficient (Wildman–Crippen LogP) is 3.19. The van der Waals surface area contributed by atoms with Crippen molar-refractivity contribution in [1.29, 1.82) is 5.26 Å². The van der Waals surface area contributed by atoms with Crippen LogP contribution in [0.5, 0.6) is 0 Å². The van der Waals surface area contributed by atoms with E-state index in [-0.39, 0.29) is 12.2 Å². The summed E-state index contributed by atoms with van der Waals surface area (Å²) in [6.45, 7) is 6.12. The first-order valence-electron chi connectivity index (χ1n) is 6.23. The smallest absolute Gasteiger partial charge is 0.350 e. The first kappa shape index (κ1) is 14.8. The second-order valence-electron chi connectivity index (χ2n) is 4.28. The van der Waals surface area contributed by atoms with E-state index in [0.717, 1.165) is 11.3 Å². The molecule has 1 rings (SSSR count). The van der Waals surface area contributed by atoms with Crippen molar-refractivity contribution in [3.05, 3.63) is 41.6 Å². The Morgan fingerprint density at radius 3 is 2.74 bits per heavy atom. The van der Waals surface area contributed by atoms with Crippen LogP contribution in [-0.4, -0.2) is 12.6 Å². The molecule has 1 aromatic rings. The van der Waals surface area contributed by atoms with Crippen LogP contribution in [0.25, 0.3) is 0 Å². The van der Waals surface area contributed by atoms with Crippen LogP contribution in [0.4, 0.5) is 5.69 Å². The number of carbonyl (C=O) groups is 1. The maximum atomic E-state index is 11.5. The Hall–Kier alpha value is -2.28. The lowest BCUT2D eigenvalue weighted by Crippen LogP contribution is -2.08. The lowest BCUT2D eigenvalue weighted by molar-refractivity contribution is -0.138. The number of hydrogen-bond donors (Lipinski definition) is 1. The largest absolute Gasteiger partial charge is 0.462 e. The van der Waals surface area contributed by atoms with Crippen LogP contribution in [0.3, 0.4) is 0 Å². The van der Waals surface area contributed by atoms with Gasteiger partial charge in [-0.1, -0.05) is 32.0 Å². The molecule has 100 valence electrons. The van der Waals surface area contributed by atoms with Gasteiger partial charge in [0.2, 0.25) is 0 Å². The van der Waals surface area contributed by atoms with E-state index in [1.54, 1.807) is 6.92 Å². The van der Waals surface area contributed by atoms with Crippen LogP contribution >= 0.6 is 0 Å². The molecule has 4 heteroatoms. The molecule has 0 amide bonds. The van der Waals surface area contributed by atoms with Crippen molar-refractivity contribution >= 4 is 11.7 Å². The molecule has 0 atom stereocenters. The summed E-state index contributed by atoms with van der Waals surface area (Å²) in [6.07, 6.45) is 1.39. The first-order valence-corrected chi connectivity index (χ1v) is 6.23. The van der Waals surface area contributed by atoms with E-state index < -0.39 is 5.97 Å². The topological polar surface area (TPSA) is 62.1 Å². The van der Waals surface area contributed by atoms with Crippen LogP contribution in [0.1, 0.15) is 32.3 Å². The summed E-state index contributed by atoms with van der Waals surface area (Å²) in [5.41, 5.74) is 1.97. The standard InChI is InChI=1S/C15H18N2O2/c1-4-19-15(18)12(9-16)10-17-14-8-6-5-7-13(14)11(2)3/h5-8,10-11,17H,4H2,1-3H3/b12-10+. The second kappa shape index (κ2) is 7.22. The molecule has 4 nitrogen and oxygen atoms in total. The number of hydrogen-bond acceptors (Lipinski definition) is 4. The number of anilines is 1. The van der Waals surface area contributed by atoms with Crippen molar-refractivity contribution in [2.45, 2.75) is 26.7 Å². The SMILES string of the molecule is CCOC(=O)/C(C#N)=C/Nc1ccccc1C(C)C. The maximum absolute atomic E-state index is 11.5. The third-order valence-corrected chi connectivity index (χ3v) is 2.57. The third-order valence-electron chi connectivity index (χ3n) is 2.57. The Morgan fingerprint density at radius 1 is 1.47 bits per heavy atom. The van der Waals surface area contributed by atoms with Gasteiger partial charge in [-0.2, -0.15) is 5.26 Å². The Kier molecular flexibility index (Phi) is 5.62. The number of carbonyl (C=O) groups excluding carboxylic acids is 1. The molecule has 0 aromatic heterocycles. The zero-order valence-electron chi connectivity index (χ0n) is 11.4. The van der Waals surface area contributed by atoms with E-state index in [4.69, 9.17) is 10.00 Å². The molecule has 0 fully saturated rings. The van der Waals surface area contributed by atoms with Crippen LogP contribution in [0, 0.1) is 11.3 Å². The Morgan fingerprint density at radius 2 is 2.16 bits per heavy atom. The van der Waals surface area contributed by atoms with Gasteiger partial charge in [0.1, 0.15) is 6.07 Å². The molecular weight excluding hydrogens is 240 g/mol. The normalized spacial score (nSPS) is 11.0. The molecule has 1 aromatic carbocycles. The van der Waals surface area contributed by atoms with Crippen LogP contribution < -0.4 is 5.32 Å². The van der Waals surface area contributed by atoms with Crippen molar-refractivity contribution in [1.82, 2.24) is 0 Å². The number of nitrogens with zero attached hydrogens (tertiary/aromatic N) is 1. The summed E-state index contributed by atoms with van der Waals surface area (Å²) in [4.78, 5) is 11.5. The van der Waals surface area contributed by atoms with Gasteiger partial charge >= 0.3 is 5.97 Å². The fourth-order valence-electron chi connectivity index (χ4n) is 1.63. The number of nitrogens with one attached hydrogen (secondary N) is 1. The van der Waals surface area contributed by atoms with Crippen molar-refractivity contribution in [3.63, 3.8) is 0 Å². The van der Waals surface area contributed by atoms with Crippen LogP contribution in [0.2, 0.25) is 0 Å². The van der Waals surface area contributed by atoms with E-state index in [1.165, 1.54) is 6.20 Å². The lowest BCUT2D eigenvalue weighted by Gasteiger charge is -2.12. The van der Waals surface area contributed by atoms with E-state index in [9.17, 15) is 4.79 Å². The number of benzene rings is 1. The van der Waals surface area contributed by atoms with Crippen molar-refractivity contribution in [3.8, 4) is 6.07 Å². The van der Waals surface area contributed by atoms with Gasteiger partial charge in [0, 0.05) is 11.9 Å². The fourth-order valence-corrected chi connectivity index (χ4v) is 1.63. The summed E-state index contributed by atoms with van der Waals surface area (Å²) in [6, 6.07) is 9.61. The number of ether oxygens (including phenoxy) is 1. The van der Waals surface area contributed by atoms with Gasteiger partial charge in [0.25, 0.3) is 0 Å². The zero-order chi connectivity index (χ0) is 14.3. The number of para-hydroxylation sites is 1. The van der Waals surface area contributed by atoms with Crippen molar-refractivity contribution in [2.24, 2.45) is 0 Å². The summed E-state index contributed by atoms with van der Waals surface area (Å²) in [5, 5.41) is 11.9. The van der Waals surface area contributed by atoms with Gasteiger partial charge in [-0.3, -0.25) is 0 Å². The minimum atomic E-state index is -0.612. The molecular formula is C15H18N2O2. The molecule has 0 aliphatic rings. The van der Waals surface area contributed by atoms with Crippen molar-refractivity contribution in [2.75, 3.05) is 11.9 Å². The maximum Gasteiger partial charge on any atom is 0.350 e. The molecule has 0 unspecified atom stereocenters. The molecule has 0 spiro atoms. The molecule has 1 N–H and O–H groups in total. The summed E-state index contributed by atoms with van der Waals surface area (Å²) < 4.78 is 4.79. The van der Waals surface area contributed by atoms with Gasteiger partial charge in [-0.15, -0.1) is 0 Å². The van der Waals surface area contributed by atoms with E-state index in [1.807, 2.05) is 30.3 Å². The minimum Gasteiger partial charge on any atom is -0.462 e. The van der Waals surface area contributed by atoms with E-state index >= 15 is 0 Å². The molecule has 0 saturated heterocycles. The highest BCUT2D eigenvalue weighted by atomic mass is 16.5. The molecule has 0 aliphatic heterocycles. The van der Waals surface area contributed by atoms with Gasteiger partial charge in [0.15, 0.2) is 5.57 Å². The Bertz CT molecular complexity index is 513. The summed E-state index contributed by atoms with van der Waals surface area (Å²) in [5.74, 6) is -0.259. The first-order chi connectivity index (χ1) is 9.10. The predicted molar refractivity (Wildman–Crippen MR) is 74.5 cm³/mol. The number of nitriles is 1. The minimum absolute atomic E-state index is 0.0413. The number of esters is 1. The zero-order valence-corrected chi connectivity index (χ0v) is 11.4. The molecule has 0 saturated carbocycles. The Balaban J connectivity index is 2.91.